The first-order chi connectivity index (χ1) is 11.6. The van der Waals surface area contributed by atoms with Crippen LogP contribution in [-0.4, -0.2) is 37.0 Å². The average Bonchev–Trinajstić information content (AvgIpc) is 2.86. The smallest absolute Gasteiger partial charge is 0.261 e. The fourth-order valence-electron chi connectivity index (χ4n) is 3.05. The van der Waals surface area contributed by atoms with Crippen LogP contribution in [0.15, 0.2) is 42.5 Å². The molecule has 0 aliphatic carbocycles. The Balaban J connectivity index is 1.82. The van der Waals surface area contributed by atoms with E-state index in [2.05, 4.69) is 0 Å². The van der Waals surface area contributed by atoms with Crippen LogP contribution < -0.4 is 9.47 Å². The molecule has 0 saturated heterocycles. The van der Waals surface area contributed by atoms with Crippen molar-refractivity contribution in [3.8, 4) is 11.5 Å². The second kappa shape index (κ2) is 6.35. The zero-order valence-corrected chi connectivity index (χ0v) is 13.9. The van der Waals surface area contributed by atoms with Crippen molar-refractivity contribution < 1.29 is 19.1 Å². The number of amides is 2. The molecule has 0 unspecified atom stereocenters. The third kappa shape index (κ3) is 2.62. The van der Waals surface area contributed by atoms with Crippen molar-refractivity contribution in [1.29, 1.82) is 0 Å². The summed E-state index contributed by atoms with van der Waals surface area (Å²) in [6.07, 6.45) is 0.547. The zero-order valence-electron chi connectivity index (χ0n) is 13.9. The Morgan fingerprint density at radius 3 is 2.04 bits per heavy atom. The van der Waals surface area contributed by atoms with Crippen molar-refractivity contribution in [1.82, 2.24) is 4.90 Å². The molecule has 1 atom stereocenters. The van der Waals surface area contributed by atoms with Crippen LogP contribution in [0.1, 0.15) is 33.2 Å². The molecule has 0 N–H and O–H groups in total. The molecule has 5 nitrogen and oxygen atoms in total. The van der Waals surface area contributed by atoms with Gasteiger partial charge in [-0.25, -0.2) is 0 Å². The number of benzene rings is 2. The van der Waals surface area contributed by atoms with E-state index in [0.29, 0.717) is 29.0 Å². The van der Waals surface area contributed by atoms with Crippen molar-refractivity contribution in [2.24, 2.45) is 0 Å². The van der Waals surface area contributed by atoms with Gasteiger partial charge in [0, 0.05) is 6.04 Å². The standard InChI is InChI=1S/C19H19NO4/c1-12(10-13-8-9-16(23-2)17(11-13)24-3)20-18(21)14-6-4-5-7-15(14)19(20)22/h4-9,11-12H,10H2,1-3H3/t12-/m1/s1. The van der Waals surface area contributed by atoms with Gasteiger partial charge < -0.3 is 9.47 Å². The van der Waals surface area contributed by atoms with Crippen molar-refractivity contribution in [2.75, 3.05) is 14.2 Å². The van der Waals surface area contributed by atoms with E-state index in [4.69, 9.17) is 9.47 Å². The molecular weight excluding hydrogens is 306 g/mol. The molecule has 3 rings (SSSR count). The van der Waals surface area contributed by atoms with Gasteiger partial charge in [0.1, 0.15) is 0 Å². The first-order valence-electron chi connectivity index (χ1n) is 7.74. The molecule has 1 aliphatic heterocycles. The van der Waals surface area contributed by atoms with E-state index in [9.17, 15) is 9.59 Å². The number of carbonyl (C=O) groups excluding carboxylic acids is 2. The topological polar surface area (TPSA) is 55.8 Å². The number of methoxy groups -OCH3 is 2. The normalized spacial score (nSPS) is 14.5. The zero-order chi connectivity index (χ0) is 17.3. The average molecular weight is 325 g/mol. The summed E-state index contributed by atoms with van der Waals surface area (Å²) in [6.45, 7) is 1.87. The maximum absolute atomic E-state index is 12.5. The van der Waals surface area contributed by atoms with E-state index in [1.807, 2.05) is 25.1 Å². The van der Waals surface area contributed by atoms with Crippen molar-refractivity contribution >= 4 is 11.8 Å². The molecule has 2 amide bonds. The van der Waals surface area contributed by atoms with Crippen LogP contribution in [0.25, 0.3) is 0 Å². The maximum Gasteiger partial charge on any atom is 0.261 e. The first-order valence-corrected chi connectivity index (χ1v) is 7.74. The molecule has 0 bridgehead atoms. The minimum atomic E-state index is -0.254. The minimum Gasteiger partial charge on any atom is -0.493 e. The molecule has 5 heteroatoms. The lowest BCUT2D eigenvalue weighted by Gasteiger charge is -2.23. The fraction of sp³-hybridized carbons (Fsp3) is 0.263. The van der Waals surface area contributed by atoms with Crippen LogP contribution in [0.5, 0.6) is 11.5 Å². The highest BCUT2D eigenvalue weighted by molar-refractivity contribution is 6.21. The Hall–Kier alpha value is -2.82. The summed E-state index contributed by atoms with van der Waals surface area (Å²) < 4.78 is 10.5. The molecule has 0 spiro atoms. The number of carbonyl (C=O) groups is 2. The van der Waals surface area contributed by atoms with Gasteiger partial charge in [-0.05, 0) is 43.2 Å². The maximum atomic E-state index is 12.5. The third-order valence-electron chi connectivity index (χ3n) is 4.25. The summed E-state index contributed by atoms with van der Waals surface area (Å²) in [5.41, 5.74) is 1.92. The Morgan fingerprint density at radius 1 is 0.917 bits per heavy atom. The van der Waals surface area contributed by atoms with Gasteiger partial charge in [-0.15, -0.1) is 0 Å². The van der Waals surface area contributed by atoms with E-state index in [1.165, 1.54) is 4.90 Å². The van der Waals surface area contributed by atoms with Crippen LogP contribution in [-0.2, 0) is 6.42 Å². The molecule has 0 radical (unpaired) electrons. The highest BCUT2D eigenvalue weighted by Crippen LogP contribution is 2.30. The van der Waals surface area contributed by atoms with Gasteiger partial charge >= 0.3 is 0 Å². The molecule has 1 aliphatic rings. The second-order valence-corrected chi connectivity index (χ2v) is 5.77. The lowest BCUT2D eigenvalue weighted by molar-refractivity contribution is 0.0596. The highest BCUT2D eigenvalue weighted by atomic mass is 16.5. The summed E-state index contributed by atoms with van der Waals surface area (Å²) >= 11 is 0. The van der Waals surface area contributed by atoms with E-state index in [-0.39, 0.29) is 17.9 Å². The Labute approximate surface area is 140 Å². The summed E-state index contributed by atoms with van der Waals surface area (Å²) in [4.78, 5) is 26.4. The molecule has 124 valence electrons. The summed E-state index contributed by atoms with van der Waals surface area (Å²) in [5, 5.41) is 0. The van der Waals surface area contributed by atoms with Crippen LogP contribution in [0.3, 0.4) is 0 Å². The van der Waals surface area contributed by atoms with Crippen molar-refractivity contribution in [3.63, 3.8) is 0 Å². The van der Waals surface area contributed by atoms with Gasteiger partial charge in [0.25, 0.3) is 11.8 Å². The second-order valence-electron chi connectivity index (χ2n) is 5.77. The van der Waals surface area contributed by atoms with E-state index >= 15 is 0 Å². The molecular formula is C19H19NO4. The van der Waals surface area contributed by atoms with Crippen LogP contribution in [0.2, 0.25) is 0 Å². The fourth-order valence-corrected chi connectivity index (χ4v) is 3.05. The van der Waals surface area contributed by atoms with Gasteiger partial charge in [-0.2, -0.15) is 0 Å². The molecule has 0 fully saturated rings. The number of imide groups is 1. The van der Waals surface area contributed by atoms with Crippen molar-refractivity contribution in [2.45, 2.75) is 19.4 Å². The number of ether oxygens (including phenoxy) is 2. The van der Waals surface area contributed by atoms with E-state index in [0.717, 1.165) is 5.56 Å². The lowest BCUT2D eigenvalue weighted by Crippen LogP contribution is -2.39. The highest BCUT2D eigenvalue weighted by Gasteiger charge is 2.38. The molecule has 1 heterocycles. The van der Waals surface area contributed by atoms with Gasteiger partial charge in [0.2, 0.25) is 0 Å². The van der Waals surface area contributed by atoms with Gasteiger partial charge in [-0.1, -0.05) is 18.2 Å². The predicted molar refractivity (Wildman–Crippen MR) is 89.7 cm³/mol. The molecule has 2 aromatic rings. The summed E-state index contributed by atoms with van der Waals surface area (Å²) in [5.74, 6) is 0.811. The molecule has 0 saturated carbocycles. The Kier molecular flexibility index (Phi) is 4.25. The van der Waals surface area contributed by atoms with Crippen molar-refractivity contribution in [3.05, 3.63) is 59.2 Å². The molecule has 2 aromatic carbocycles. The first kappa shape index (κ1) is 16.1. The number of rotatable bonds is 5. The molecule has 0 aromatic heterocycles. The van der Waals surface area contributed by atoms with Crippen LogP contribution in [0, 0.1) is 0 Å². The lowest BCUT2D eigenvalue weighted by atomic mass is 10.1. The Morgan fingerprint density at radius 2 is 1.50 bits per heavy atom. The largest absolute Gasteiger partial charge is 0.493 e. The quantitative estimate of drug-likeness (QED) is 0.793. The predicted octanol–water partition coefficient (Wildman–Crippen LogP) is 2.93. The monoisotopic (exact) mass is 325 g/mol. The summed E-state index contributed by atoms with van der Waals surface area (Å²) in [6, 6.07) is 12.3. The van der Waals surface area contributed by atoms with Gasteiger partial charge in [0.15, 0.2) is 11.5 Å². The SMILES string of the molecule is COc1ccc(C[C@@H](C)N2C(=O)c3ccccc3C2=O)cc1OC. The summed E-state index contributed by atoms with van der Waals surface area (Å²) in [7, 11) is 3.16. The number of hydrogen-bond donors (Lipinski definition) is 0. The van der Waals surface area contributed by atoms with E-state index in [1.54, 1.807) is 38.5 Å². The number of hydrogen-bond acceptors (Lipinski definition) is 4. The Bertz CT molecular complexity index is 765. The van der Waals surface area contributed by atoms with Gasteiger partial charge in [-0.3, -0.25) is 14.5 Å². The van der Waals surface area contributed by atoms with Crippen LogP contribution in [0.4, 0.5) is 0 Å². The molecule has 24 heavy (non-hydrogen) atoms. The van der Waals surface area contributed by atoms with Gasteiger partial charge in [0.05, 0.1) is 25.3 Å². The number of nitrogens with zero attached hydrogens (tertiary/aromatic N) is 1. The minimum absolute atomic E-state index is 0.233. The number of fused-ring (bicyclic) bond motifs is 1. The van der Waals surface area contributed by atoms with E-state index < -0.39 is 0 Å². The van der Waals surface area contributed by atoms with Crippen LogP contribution >= 0.6 is 0 Å². The third-order valence-corrected chi connectivity index (χ3v) is 4.25.